The van der Waals surface area contributed by atoms with E-state index >= 15 is 0 Å². The normalized spacial score (nSPS) is 35.3. The SMILES string of the molecule is CO[C@@]12CC[C@@H](O)C[C@@H]1N(Cc1ccccc1)CC2. The molecule has 19 heavy (non-hydrogen) atoms. The van der Waals surface area contributed by atoms with E-state index in [1.54, 1.807) is 0 Å². The van der Waals surface area contributed by atoms with E-state index in [1.165, 1.54) is 5.56 Å². The van der Waals surface area contributed by atoms with Gasteiger partial charge in [-0.2, -0.15) is 0 Å². The van der Waals surface area contributed by atoms with Gasteiger partial charge in [0.05, 0.1) is 11.7 Å². The lowest BCUT2D eigenvalue weighted by molar-refractivity contribution is -0.0879. The molecule has 0 radical (unpaired) electrons. The van der Waals surface area contributed by atoms with Crippen LogP contribution < -0.4 is 0 Å². The minimum atomic E-state index is -0.162. The van der Waals surface area contributed by atoms with Gasteiger partial charge in [-0.1, -0.05) is 30.3 Å². The number of hydrogen-bond acceptors (Lipinski definition) is 3. The zero-order chi connectivity index (χ0) is 13.3. The lowest BCUT2D eigenvalue weighted by Crippen LogP contribution is -2.51. The van der Waals surface area contributed by atoms with E-state index in [4.69, 9.17) is 4.74 Å². The monoisotopic (exact) mass is 261 g/mol. The van der Waals surface area contributed by atoms with Crippen molar-refractivity contribution >= 4 is 0 Å². The first kappa shape index (κ1) is 13.1. The third kappa shape index (κ3) is 2.42. The van der Waals surface area contributed by atoms with Crippen molar-refractivity contribution < 1.29 is 9.84 Å². The Morgan fingerprint density at radius 1 is 1.32 bits per heavy atom. The summed E-state index contributed by atoms with van der Waals surface area (Å²) in [5, 5.41) is 9.97. The molecule has 1 saturated heterocycles. The van der Waals surface area contributed by atoms with Gasteiger partial charge >= 0.3 is 0 Å². The van der Waals surface area contributed by atoms with Gasteiger partial charge in [-0.15, -0.1) is 0 Å². The number of aliphatic hydroxyl groups is 1. The molecule has 1 N–H and O–H groups in total. The van der Waals surface area contributed by atoms with Crippen LogP contribution in [0.3, 0.4) is 0 Å². The van der Waals surface area contributed by atoms with Crippen LogP contribution in [0.1, 0.15) is 31.2 Å². The quantitative estimate of drug-likeness (QED) is 0.905. The summed E-state index contributed by atoms with van der Waals surface area (Å²) < 4.78 is 5.87. The highest BCUT2D eigenvalue weighted by Gasteiger charge is 2.50. The van der Waals surface area contributed by atoms with Gasteiger partial charge in [-0.3, -0.25) is 4.90 Å². The van der Waals surface area contributed by atoms with Crippen molar-refractivity contribution in [3.63, 3.8) is 0 Å². The lowest BCUT2D eigenvalue weighted by atomic mass is 9.79. The number of likely N-dealkylation sites (tertiary alicyclic amines) is 1. The van der Waals surface area contributed by atoms with Gasteiger partial charge in [0, 0.05) is 26.2 Å². The van der Waals surface area contributed by atoms with Gasteiger partial charge in [-0.25, -0.2) is 0 Å². The summed E-state index contributed by atoms with van der Waals surface area (Å²) in [6.07, 6.45) is 3.64. The van der Waals surface area contributed by atoms with Crippen LogP contribution in [0, 0.1) is 0 Å². The molecule has 2 fully saturated rings. The number of benzene rings is 1. The maximum atomic E-state index is 9.97. The highest BCUT2D eigenvalue weighted by molar-refractivity contribution is 5.16. The Hall–Kier alpha value is -0.900. The second kappa shape index (κ2) is 5.23. The van der Waals surface area contributed by atoms with Gasteiger partial charge in [0.2, 0.25) is 0 Å². The van der Waals surface area contributed by atoms with Crippen LogP contribution in [-0.2, 0) is 11.3 Å². The Kier molecular flexibility index (Phi) is 3.61. The molecule has 0 bridgehead atoms. The fourth-order valence-corrected chi connectivity index (χ4v) is 3.78. The first-order chi connectivity index (χ1) is 9.23. The topological polar surface area (TPSA) is 32.7 Å². The van der Waals surface area contributed by atoms with Gasteiger partial charge in [0.15, 0.2) is 0 Å². The highest BCUT2D eigenvalue weighted by atomic mass is 16.5. The van der Waals surface area contributed by atoms with Gasteiger partial charge in [0.25, 0.3) is 0 Å². The molecule has 0 spiro atoms. The van der Waals surface area contributed by atoms with E-state index in [-0.39, 0.29) is 11.7 Å². The number of hydrogen-bond donors (Lipinski definition) is 1. The molecule has 1 aliphatic carbocycles. The standard InChI is InChI=1S/C16H23NO2/c1-19-16-8-7-14(18)11-15(16)17(10-9-16)12-13-5-3-2-4-6-13/h2-6,14-15,18H,7-12H2,1H3/t14-,15+,16-/m1/s1. The second-order valence-corrected chi connectivity index (χ2v) is 5.92. The van der Waals surface area contributed by atoms with Gasteiger partial charge < -0.3 is 9.84 Å². The zero-order valence-corrected chi connectivity index (χ0v) is 11.6. The molecule has 3 nitrogen and oxygen atoms in total. The van der Waals surface area contributed by atoms with Crippen LogP contribution in [0.2, 0.25) is 0 Å². The van der Waals surface area contributed by atoms with Crippen LogP contribution in [-0.4, -0.2) is 41.4 Å². The predicted octanol–water partition coefficient (Wildman–Crippen LogP) is 2.19. The van der Waals surface area contributed by atoms with Crippen molar-refractivity contribution in [2.24, 2.45) is 0 Å². The van der Waals surface area contributed by atoms with Crippen LogP contribution in [0.15, 0.2) is 30.3 Å². The summed E-state index contributed by atoms with van der Waals surface area (Å²) in [6, 6.07) is 10.9. The summed E-state index contributed by atoms with van der Waals surface area (Å²) in [6.45, 7) is 2.03. The molecular formula is C16H23NO2. The van der Waals surface area contributed by atoms with Crippen LogP contribution in [0.25, 0.3) is 0 Å². The molecule has 3 rings (SSSR count). The fraction of sp³-hybridized carbons (Fsp3) is 0.625. The van der Waals surface area contributed by atoms with E-state index in [2.05, 4.69) is 35.2 Å². The van der Waals surface area contributed by atoms with Crippen molar-refractivity contribution in [3.05, 3.63) is 35.9 Å². The molecule has 0 amide bonds. The molecule has 1 aromatic carbocycles. The summed E-state index contributed by atoms with van der Waals surface area (Å²) in [5.74, 6) is 0. The van der Waals surface area contributed by atoms with Crippen LogP contribution in [0.5, 0.6) is 0 Å². The van der Waals surface area contributed by atoms with E-state index in [0.29, 0.717) is 6.04 Å². The smallest absolute Gasteiger partial charge is 0.0847 e. The second-order valence-electron chi connectivity index (χ2n) is 5.92. The first-order valence-corrected chi connectivity index (χ1v) is 7.25. The maximum absolute atomic E-state index is 9.97. The molecule has 0 aromatic heterocycles. The molecule has 3 heteroatoms. The maximum Gasteiger partial charge on any atom is 0.0847 e. The van der Waals surface area contributed by atoms with Gasteiger partial charge in [0.1, 0.15) is 0 Å². The lowest BCUT2D eigenvalue weighted by Gasteiger charge is -2.42. The number of nitrogens with zero attached hydrogens (tertiary/aromatic N) is 1. The molecule has 3 atom stereocenters. The van der Waals surface area contributed by atoms with Crippen molar-refractivity contribution in [3.8, 4) is 0 Å². The third-order valence-electron chi connectivity index (χ3n) is 4.90. The minimum absolute atomic E-state index is 0.0198. The number of fused-ring (bicyclic) bond motifs is 1. The largest absolute Gasteiger partial charge is 0.393 e. The van der Waals surface area contributed by atoms with Crippen LogP contribution in [0.4, 0.5) is 0 Å². The summed E-state index contributed by atoms with van der Waals surface area (Å²) >= 11 is 0. The van der Waals surface area contributed by atoms with Crippen molar-refractivity contribution in [2.75, 3.05) is 13.7 Å². The zero-order valence-electron chi connectivity index (χ0n) is 11.6. The van der Waals surface area contributed by atoms with E-state index in [9.17, 15) is 5.11 Å². The number of ether oxygens (including phenoxy) is 1. The highest BCUT2D eigenvalue weighted by Crippen LogP contribution is 2.42. The van der Waals surface area contributed by atoms with Gasteiger partial charge in [-0.05, 0) is 31.2 Å². The molecule has 1 aliphatic heterocycles. The molecule has 104 valence electrons. The van der Waals surface area contributed by atoms with Crippen molar-refractivity contribution in [1.29, 1.82) is 0 Å². The molecule has 1 heterocycles. The Morgan fingerprint density at radius 3 is 2.84 bits per heavy atom. The molecule has 1 saturated carbocycles. The summed E-state index contributed by atoms with van der Waals surface area (Å²) in [7, 11) is 1.83. The van der Waals surface area contributed by atoms with Crippen molar-refractivity contribution in [2.45, 2.75) is 50.0 Å². The first-order valence-electron chi connectivity index (χ1n) is 7.25. The summed E-state index contributed by atoms with van der Waals surface area (Å²) in [5.41, 5.74) is 1.32. The number of rotatable bonds is 3. The average Bonchev–Trinajstić information content (AvgIpc) is 2.79. The third-order valence-corrected chi connectivity index (χ3v) is 4.90. The predicted molar refractivity (Wildman–Crippen MR) is 74.9 cm³/mol. The average molecular weight is 261 g/mol. The Morgan fingerprint density at radius 2 is 2.11 bits per heavy atom. The number of aliphatic hydroxyl groups excluding tert-OH is 1. The molecule has 0 unspecified atom stereocenters. The summed E-state index contributed by atoms with van der Waals surface area (Å²) in [4.78, 5) is 2.49. The van der Waals surface area contributed by atoms with E-state index in [0.717, 1.165) is 38.8 Å². The number of methoxy groups -OCH3 is 1. The Bertz CT molecular complexity index is 422. The molecule has 1 aromatic rings. The van der Waals surface area contributed by atoms with E-state index < -0.39 is 0 Å². The van der Waals surface area contributed by atoms with Crippen molar-refractivity contribution in [1.82, 2.24) is 4.90 Å². The molecule has 2 aliphatic rings. The minimum Gasteiger partial charge on any atom is -0.393 e. The van der Waals surface area contributed by atoms with E-state index in [1.807, 2.05) is 7.11 Å². The Labute approximate surface area is 115 Å². The molecular weight excluding hydrogens is 238 g/mol. The fourth-order valence-electron chi connectivity index (χ4n) is 3.78. The van der Waals surface area contributed by atoms with Crippen LogP contribution >= 0.6 is 0 Å². The Balaban J connectivity index is 1.76.